The Balaban J connectivity index is 1.92. The average molecular weight is 477 g/mol. The summed E-state index contributed by atoms with van der Waals surface area (Å²) in [5.41, 5.74) is 1.22. The van der Waals surface area contributed by atoms with Crippen molar-refractivity contribution in [2.45, 2.75) is 11.8 Å². The molecule has 1 amide bonds. The van der Waals surface area contributed by atoms with Crippen LogP contribution >= 0.6 is 15.9 Å². The molecule has 5 nitrogen and oxygen atoms in total. The maximum Gasteiger partial charge on any atom is 0.264 e. The number of sulfonamides is 1. The highest BCUT2D eigenvalue weighted by molar-refractivity contribution is 9.10. The molecule has 0 aliphatic rings. The smallest absolute Gasteiger partial charge is 0.264 e. The van der Waals surface area contributed by atoms with E-state index in [0.29, 0.717) is 10.2 Å². The molecule has 0 bridgehead atoms. The van der Waals surface area contributed by atoms with Crippen molar-refractivity contribution in [2.24, 2.45) is 0 Å². The van der Waals surface area contributed by atoms with Crippen molar-refractivity contribution in [3.05, 3.63) is 88.6 Å². The van der Waals surface area contributed by atoms with Gasteiger partial charge in [-0.2, -0.15) is 0 Å². The second-order valence-corrected chi connectivity index (χ2v) is 9.11. The summed E-state index contributed by atoms with van der Waals surface area (Å²) in [5, 5.41) is 2.43. The number of rotatable bonds is 6. The number of amides is 1. The van der Waals surface area contributed by atoms with E-state index in [1.807, 2.05) is 6.92 Å². The zero-order valence-corrected chi connectivity index (χ0v) is 17.9. The fourth-order valence-electron chi connectivity index (χ4n) is 2.66. The standard InChI is InChI=1S/C21H18BrFN2O3S/c1-15-7-10-18(11-8-15)29(27,28)25(17-5-3-2-4-6-17)14-21(26)24-20-12-9-16(22)13-19(20)23/h2-13H,14H2,1H3,(H,24,26). The van der Waals surface area contributed by atoms with Gasteiger partial charge in [0, 0.05) is 4.47 Å². The number of nitrogens with zero attached hydrogens (tertiary/aromatic N) is 1. The van der Waals surface area contributed by atoms with Crippen LogP contribution in [0.2, 0.25) is 0 Å². The first-order chi connectivity index (χ1) is 13.8. The lowest BCUT2D eigenvalue weighted by molar-refractivity contribution is -0.114. The number of nitrogens with one attached hydrogen (secondary N) is 1. The normalized spacial score (nSPS) is 11.1. The third-order valence-electron chi connectivity index (χ3n) is 4.15. The van der Waals surface area contributed by atoms with Crippen LogP contribution in [0.4, 0.5) is 15.8 Å². The van der Waals surface area contributed by atoms with Gasteiger partial charge >= 0.3 is 0 Å². The number of carbonyl (C=O) groups is 1. The van der Waals surface area contributed by atoms with Crippen LogP contribution in [-0.2, 0) is 14.8 Å². The first-order valence-electron chi connectivity index (χ1n) is 8.67. The van der Waals surface area contributed by atoms with Crippen molar-refractivity contribution >= 4 is 43.2 Å². The van der Waals surface area contributed by atoms with E-state index in [1.165, 1.54) is 24.3 Å². The van der Waals surface area contributed by atoms with Gasteiger partial charge in [-0.05, 0) is 49.4 Å². The number of para-hydroxylation sites is 1. The number of hydrogen-bond donors (Lipinski definition) is 1. The predicted octanol–water partition coefficient (Wildman–Crippen LogP) is 4.73. The molecule has 0 radical (unpaired) electrons. The van der Waals surface area contributed by atoms with Gasteiger partial charge < -0.3 is 5.32 Å². The summed E-state index contributed by atoms with van der Waals surface area (Å²) in [6.45, 7) is 1.35. The van der Waals surface area contributed by atoms with Crippen molar-refractivity contribution < 1.29 is 17.6 Å². The van der Waals surface area contributed by atoms with E-state index in [1.54, 1.807) is 48.5 Å². The molecular formula is C21H18BrFN2O3S. The van der Waals surface area contributed by atoms with E-state index in [0.717, 1.165) is 9.87 Å². The Morgan fingerprint density at radius 3 is 2.31 bits per heavy atom. The van der Waals surface area contributed by atoms with E-state index in [9.17, 15) is 17.6 Å². The molecule has 0 saturated carbocycles. The van der Waals surface area contributed by atoms with Crippen LogP contribution in [0.1, 0.15) is 5.56 Å². The minimum absolute atomic E-state index is 0.0288. The maximum absolute atomic E-state index is 14.0. The zero-order valence-electron chi connectivity index (χ0n) is 15.5. The fourth-order valence-corrected chi connectivity index (χ4v) is 4.41. The molecule has 3 aromatic carbocycles. The van der Waals surface area contributed by atoms with Gasteiger partial charge in [-0.1, -0.05) is 51.8 Å². The topological polar surface area (TPSA) is 66.5 Å². The Morgan fingerprint density at radius 2 is 1.69 bits per heavy atom. The lowest BCUT2D eigenvalue weighted by atomic mass is 10.2. The SMILES string of the molecule is Cc1ccc(S(=O)(=O)N(CC(=O)Nc2ccc(Br)cc2F)c2ccccc2)cc1. The van der Waals surface area contributed by atoms with E-state index < -0.39 is 28.3 Å². The van der Waals surface area contributed by atoms with Crippen molar-refractivity contribution in [2.75, 3.05) is 16.2 Å². The van der Waals surface area contributed by atoms with Crippen molar-refractivity contribution in [3.8, 4) is 0 Å². The Hall–Kier alpha value is -2.71. The molecule has 0 fully saturated rings. The maximum atomic E-state index is 14.0. The largest absolute Gasteiger partial charge is 0.322 e. The van der Waals surface area contributed by atoms with Crippen LogP contribution in [0.3, 0.4) is 0 Å². The van der Waals surface area contributed by atoms with E-state index >= 15 is 0 Å². The van der Waals surface area contributed by atoms with Gasteiger partial charge in [0.2, 0.25) is 5.91 Å². The van der Waals surface area contributed by atoms with E-state index in [4.69, 9.17) is 0 Å². The highest BCUT2D eigenvalue weighted by Gasteiger charge is 2.27. The number of carbonyl (C=O) groups excluding carboxylic acids is 1. The van der Waals surface area contributed by atoms with E-state index in [-0.39, 0.29) is 10.6 Å². The van der Waals surface area contributed by atoms with Gasteiger partial charge in [0.25, 0.3) is 10.0 Å². The monoisotopic (exact) mass is 476 g/mol. The molecule has 8 heteroatoms. The summed E-state index contributed by atoms with van der Waals surface area (Å²) in [6.07, 6.45) is 0. The highest BCUT2D eigenvalue weighted by Crippen LogP contribution is 2.24. The molecule has 29 heavy (non-hydrogen) atoms. The Morgan fingerprint density at radius 1 is 1.03 bits per heavy atom. The molecule has 150 valence electrons. The number of benzene rings is 3. The van der Waals surface area contributed by atoms with Crippen molar-refractivity contribution in [1.82, 2.24) is 0 Å². The summed E-state index contributed by atoms with van der Waals surface area (Å²) in [5.74, 6) is -1.29. The highest BCUT2D eigenvalue weighted by atomic mass is 79.9. The van der Waals surface area contributed by atoms with Gasteiger partial charge in [0.1, 0.15) is 12.4 Å². The molecular weight excluding hydrogens is 459 g/mol. The van der Waals surface area contributed by atoms with Crippen LogP contribution in [0.5, 0.6) is 0 Å². The van der Waals surface area contributed by atoms with E-state index in [2.05, 4.69) is 21.2 Å². The van der Waals surface area contributed by atoms with Crippen molar-refractivity contribution in [3.63, 3.8) is 0 Å². The third kappa shape index (κ3) is 5.02. The van der Waals surface area contributed by atoms with Crippen LogP contribution in [-0.4, -0.2) is 20.9 Å². The number of hydrogen-bond acceptors (Lipinski definition) is 3. The number of halogens is 2. The number of anilines is 2. The van der Waals surface area contributed by atoms with Crippen molar-refractivity contribution in [1.29, 1.82) is 0 Å². The molecule has 0 unspecified atom stereocenters. The minimum atomic E-state index is -4.00. The minimum Gasteiger partial charge on any atom is -0.322 e. The van der Waals surface area contributed by atoms with Crippen LogP contribution < -0.4 is 9.62 Å². The lowest BCUT2D eigenvalue weighted by Crippen LogP contribution is -2.38. The average Bonchev–Trinajstić information content (AvgIpc) is 2.69. The Labute approximate surface area is 177 Å². The summed E-state index contributed by atoms with van der Waals surface area (Å²) in [7, 11) is -4.00. The van der Waals surface area contributed by atoms with Crippen LogP contribution in [0.15, 0.2) is 82.2 Å². The first-order valence-corrected chi connectivity index (χ1v) is 10.9. The second kappa shape index (κ2) is 8.75. The third-order valence-corrected chi connectivity index (χ3v) is 6.43. The quantitative estimate of drug-likeness (QED) is 0.558. The second-order valence-electron chi connectivity index (χ2n) is 6.33. The predicted molar refractivity (Wildman–Crippen MR) is 115 cm³/mol. The summed E-state index contributed by atoms with van der Waals surface area (Å²) in [6, 6.07) is 18.9. The Kier molecular flexibility index (Phi) is 6.34. The molecule has 1 N–H and O–H groups in total. The molecule has 0 saturated heterocycles. The molecule has 3 rings (SSSR count). The summed E-state index contributed by atoms with van der Waals surface area (Å²) >= 11 is 3.15. The van der Waals surface area contributed by atoms with Gasteiger partial charge in [0.15, 0.2) is 0 Å². The lowest BCUT2D eigenvalue weighted by Gasteiger charge is -2.24. The van der Waals surface area contributed by atoms with Crippen LogP contribution in [0.25, 0.3) is 0 Å². The van der Waals surface area contributed by atoms with Gasteiger partial charge in [-0.25, -0.2) is 12.8 Å². The molecule has 0 heterocycles. The Bertz CT molecular complexity index is 1120. The van der Waals surface area contributed by atoms with Gasteiger partial charge in [-0.3, -0.25) is 9.10 Å². The van der Waals surface area contributed by atoms with Gasteiger partial charge in [-0.15, -0.1) is 0 Å². The van der Waals surface area contributed by atoms with Gasteiger partial charge in [0.05, 0.1) is 16.3 Å². The molecule has 0 atom stereocenters. The summed E-state index contributed by atoms with van der Waals surface area (Å²) in [4.78, 5) is 12.6. The molecule has 0 aliphatic carbocycles. The zero-order chi connectivity index (χ0) is 21.0. The molecule has 0 aromatic heterocycles. The molecule has 0 spiro atoms. The first kappa shape index (κ1) is 21.0. The number of aryl methyl sites for hydroxylation is 1. The summed E-state index contributed by atoms with van der Waals surface area (Å²) < 4.78 is 42.0. The molecule has 0 aliphatic heterocycles. The fraction of sp³-hybridized carbons (Fsp3) is 0.0952. The molecule has 3 aromatic rings. The van der Waals surface area contributed by atoms with Crippen LogP contribution in [0, 0.1) is 12.7 Å².